The number of nitrogens with zero attached hydrogens (tertiary/aromatic N) is 1. The van der Waals surface area contributed by atoms with Gasteiger partial charge in [0, 0.05) is 11.7 Å². The molecule has 2 atom stereocenters. The van der Waals surface area contributed by atoms with E-state index in [9.17, 15) is 14.7 Å². The van der Waals surface area contributed by atoms with Crippen LogP contribution in [0.2, 0.25) is 0 Å². The molecule has 0 bridgehead atoms. The molecule has 0 spiro atoms. The molecular formula is C19H19NO4. The van der Waals surface area contributed by atoms with Gasteiger partial charge in [0.1, 0.15) is 11.3 Å². The third-order valence-corrected chi connectivity index (χ3v) is 4.20. The predicted molar refractivity (Wildman–Crippen MR) is 90.1 cm³/mol. The Morgan fingerprint density at radius 2 is 1.83 bits per heavy atom. The topological polar surface area (TPSA) is 66.8 Å². The van der Waals surface area contributed by atoms with Crippen molar-refractivity contribution >= 4 is 17.6 Å². The number of phenols is 1. The van der Waals surface area contributed by atoms with E-state index in [1.807, 2.05) is 31.2 Å². The Balaban J connectivity index is 1.76. The van der Waals surface area contributed by atoms with Crippen molar-refractivity contribution < 1.29 is 19.4 Å². The molecular weight excluding hydrogens is 306 g/mol. The number of ether oxygens (including phenoxy) is 1. The van der Waals surface area contributed by atoms with Crippen LogP contribution >= 0.6 is 0 Å². The Morgan fingerprint density at radius 3 is 2.58 bits per heavy atom. The fourth-order valence-electron chi connectivity index (χ4n) is 3.02. The van der Waals surface area contributed by atoms with Crippen LogP contribution in [-0.4, -0.2) is 29.1 Å². The van der Waals surface area contributed by atoms with E-state index in [1.165, 1.54) is 12.1 Å². The van der Waals surface area contributed by atoms with E-state index in [4.69, 9.17) is 4.74 Å². The molecule has 1 N–H and O–H groups in total. The smallest absolute Gasteiger partial charge is 0.342 e. The number of carbonyl (C=O) groups is 2. The van der Waals surface area contributed by atoms with Gasteiger partial charge in [0.25, 0.3) is 5.91 Å². The molecule has 124 valence electrons. The second-order valence-electron chi connectivity index (χ2n) is 5.95. The molecule has 0 aromatic heterocycles. The van der Waals surface area contributed by atoms with Crippen molar-refractivity contribution in [2.45, 2.75) is 32.4 Å². The molecule has 0 radical (unpaired) electrons. The van der Waals surface area contributed by atoms with Crippen molar-refractivity contribution in [2.24, 2.45) is 0 Å². The maximum absolute atomic E-state index is 12.8. The normalized spacial score (nSPS) is 17.2. The first-order chi connectivity index (χ1) is 11.5. The highest BCUT2D eigenvalue weighted by Gasteiger charge is 2.34. The zero-order valence-electron chi connectivity index (χ0n) is 13.6. The number of esters is 1. The van der Waals surface area contributed by atoms with Crippen molar-refractivity contribution in [1.29, 1.82) is 0 Å². The Labute approximate surface area is 140 Å². The zero-order chi connectivity index (χ0) is 17.3. The number of anilines is 1. The average molecular weight is 325 g/mol. The fraction of sp³-hybridized carbons (Fsp3) is 0.263. The zero-order valence-corrected chi connectivity index (χ0v) is 13.6. The molecule has 0 fully saturated rings. The van der Waals surface area contributed by atoms with Gasteiger partial charge in [-0.15, -0.1) is 0 Å². The number of para-hydroxylation sites is 2. The highest BCUT2D eigenvalue weighted by atomic mass is 16.5. The maximum atomic E-state index is 12.8. The number of benzene rings is 2. The minimum Gasteiger partial charge on any atom is -0.507 e. The summed E-state index contributed by atoms with van der Waals surface area (Å²) in [7, 11) is 0. The van der Waals surface area contributed by atoms with Crippen LogP contribution in [-0.2, 0) is 16.0 Å². The number of phenolic OH excluding ortho intramolecular Hbond substituents is 1. The highest BCUT2D eigenvalue weighted by Crippen LogP contribution is 2.32. The Bertz CT molecular complexity index is 786. The molecule has 0 saturated carbocycles. The van der Waals surface area contributed by atoms with Crippen LogP contribution in [0.3, 0.4) is 0 Å². The van der Waals surface area contributed by atoms with Crippen molar-refractivity contribution in [1.82, 2.24) is 0 Å². The van der Waals surface area contributed by atoms with E-state index in [-0.39, 0.29) is 23.3 Å². The standard InChI is InChI=1S/C19H19NO4/c1-12-11-14-7-3-5-9-16(14)20(12)18(22)13(2)24-19(23)15-8-4-6-10-17(15)21/h3-10,12-13,21H,11H2,1-2H3/t12-,13-/m0/s1. The first kappa shape index (κ1) is 16.1. The number of carbonyl (C=O) groups excluding carboxylic acids is 2. The molecule has 0 aliphatic carbocycles. The lowest BCUT2D eigenvalue weighted by atomic mass is 10.1. The summed E-state index contributed by atoms with van der Waals surface area (Å²) in [5, 5.41) is 9.72. The molecule has 2 aromatic rings. The minimum absolute atomic E-state index is 0.0150. The van der Waals surface area contributed by atoms with E-state index in [0.717, 1.165) is 17.7 Å². The first-order valence-corrected chi connectivity index (χ1v) is 7.89. The summed E-state index contributed by atoms with van der Waals surface area (Å²) in [5.74, 6) is -1.15. The van der Waals surface area contributed by atoms with Gasteiger partial charge in [-0.3, -0.25) is 4.79 Å². The molecule has 24 heavy (non-hydrogen) atoms. The van der Waals surface area contributed by atoms with Gasteiger partial charge in [0.2, 0.25) is 0 Å². The monoisotopic (exact) mass is 325 g/mol. The first-order valence-electron chi connectivity index (χ1n) is 7.89. The van der Waals surface area contributed by atoms with E-state index in [0.29, 0.717) is 0 Å². The van der Waals surface area contributed by atoms with Gasteiger partial charge in [-0.25, -0.2) is 4.79 Å². The third kappa shape index (κ3) is 2.85. The van der Waals surface area contributed by atoms with Crippen molar-refractivity contribution in [3.8, 4) is 5.75 Å². The summed E-state index contributed by atoms with van der Waals surface area (Å²) in [6.07, 6.45) is -0.159. The van der Waals surface area contributed by atoms with Crippen molar-refractivity contribution in [2.75, 3.05) is 4.90 Å². The summed E-state index contributed by atoms with van der Waals surface area (Å²) >= 11 is 0. The predicted octanol–water partition coefficient (Wildman–Crippen LogP) is 2.92. The lowest BCUT2D eigenvalue weighted by Crippen LogP contribution is -2.43. The van der Waals surface area contributed by atoms with Crippen LogP contribution in [0.25, 0.3) is 0 Å². The Kier molecular flexibility index (Phi) is 4.25. The molecule has 2 aromatic carbocycles. The van der Waals surface area contributed by atoms with Gasteiger partial charge in [-0.05, 0) is 44.0 Å². The minimum atomic E-state index is -0.939. The summed E-state index contributed by atoms with van der Waals surface area (Å²) in [6, 6.07) is 13.8. The third-order valence-electron chi connectivity index (χ3n) is 4.20. The summed E-state index contributed by atoms with van der Waals surface area (Å²) < 4.78 is 5.26. The highest BCUT2D eigenvalue weighted by molar-refractivity contribution is 6.01. The largest absolute Gasteiger partial charge is 0.507 e. The molecule has 1 aliphatic heterocycles. The van der Waals surface area contributed by atoms with Gasteiger partial charge in [-0.1, -0.05) is 30.3 Å². The number of aromatic hydroxyl groups is 1. The van der Waals surface area contributed by atoms with Gasteiger partial charge >= 0.3 is 5.97 Å². The van der Waals surface area contributed by atoms with Crippen molar-refractivity contribution in [3.63, 3.8) is 0 Å². The van der Waals surface area contributed by atoms with Crippen LogP contribution < -0.4 is 4.90 Å². The van der Waals surface area contributed by atoms with Gasteiger partial charge in [0.05, 0.1) is 0 Å². The van der Waals surface area contributed by atoms with Gasteiger partial charge < -0.3 is 14.7 Å². The quantitative estimate of drug-likeness (QED) is 0.881. The average Bonchev–Trinajstić information content (AvgIpc) is 2.90. The van der Waals surface area contributed by atoms with Crippen molar-refractivity contribution in [3.05, 3.63) is 59.7 Å². The number of hydrogen-bond acceptors (Lipinski definition) is 4. The summed E-state index contributed by atoms with van der Waals surface area (Å²) in [5.41, 5.74) is 2.02. The second kappa shape index (κ2) is 6.35. The number of fused-ring (bicyclic) bond motifs is 1. The fourth-order valence-corrected chi connectivity index (χ4v) is 3.02. The van der Waals surface area contributed by atoms with E-state index >= 15 is 0 Å². The lowest BCUT2D eigenvalue weighted by Gasteiger charge is -2.26. The summed E-state index contributed by atoms with van der Waals surface area (Å²) in [6.45, 7) is 3.52. The van der Waals surface area contributed by atoms with Crippen LogP contribution in [0, 0.1) is 0 Å². The summed E-state index contributed by atoms with van der Waals surface area (Å²) in [4.78, 5) is 26.6. The molecule has 1 heterocycles. The maximum Gasteiger partial charge on any atom is 0.342 e. The molecule has 5 heteroatoms. The van der Waals surface area contributed by atoms with E-state index in [1.54, 1.807) is 24.0 Å². The SMILES string of the molecule is C[C@H](OC(=O)c1ccccc1O)C(=O)N1c2ccccc2C[C@@H]1C. The Morgan fingerprint density at radius 1 is 1.17 bits per heavy atom. The number of amides is 1. The van der Waals surface area contributed by atoms with E-state index in [2.05, 4.69) is 0 Å². The number of rotatable bonds is 3. The molecule has 1 amide bonds. The molecule has 5 nitrogen and oxygen atoms in total. The lowest BCUT2D eigenvalue weighted by molar-refractivity contribution is -0.126. The van der Waals surface area contributed by atoms with Crippen LogP contribution in [0.15, 0.2) is 48.5 Å². The van der Waals surface area contributed by atoms with Crippen LogP contribution in [0.1, 0.15) is 29.8 Å². The van der Waals surface area contributed by atoms with Crippen LogP contribution in [0.4, 0.5) is 5.69 Å². The Hall–Kier alpha value is -2.82. The second-order valence-corrected chi connectivity index (χ2v) is 5.95. The molecule has 1 aliphatic rings. The van der Waals surface area contributed by atoms with Gasteiger partial charge in [-0.2, -0.15) is 0 Å². The molecule has 0 unspecified atom stereocenters. The van der Waals surface area contributed by atoms with Gasteiger partial charge in [0.15, 0.2) is 6.10 Å². The molecule has 0 saturated heterocycles. The molecule has 3 rings (SSSR count). The van der Waals surface area contributed by atoms with Crippen LogP contribution in [0.5, 0.6) is 5.75 Å². The number of hydrogen-bond donors (Lipinski definition) is 1. The van der Waals surface area contributed by atoms with E-state index < -0.39 is 12.1 Å².